The van der Waals surface area contributed by atoms with Crippen molar-refractivity contribution in [2.75, 3.05) is 54.9 Å². The van der Waals surface area contributed by atoms with Crippen LogP contribution in [0.4, 0.5) is 17.1 Å². The molecule has 1 fully saturated rings. The Morgan fingerprint density at radius 3 is 2.33 bits per heavy atom. The zero-order valence-electron chi connectivity index (χ0n) is 24.5. The molecule has 1 aliphatic carbocycles. The van der Waals surface area contributed by atoms with E-state index in [9.17, 15) is 4.79 Å². The number of hydrogen-bond donors (Lipinski definition) is 0. The lowest BCUT2D eigenvalue weighted by Gasteiger charge is -2.35. The molecule has 2 heterocycles. The molecule has 43 heavy (non-hydrogen) atoms. The number of amides is 1. The fraction of sp³-hybridized carbons (Fsp3) is 0.265. The Morgan fingerprint density at radius 1 is 0.884 bits per heavy atom. The summed E-state index contributed by atoms with van der Waals surface area (Å²) >= 11 is 5.71. The molecule has 1 amide bonds. The molecule has 0 N–H and O–H groups in total. The molecule has 3 aliphatic rings. The molecule has 6 rings (SSSR count). The first-order valence-electron chi connectivity index (χ1n) is 14.8. The zero-order valence-corrected chi connectivity index (χ0v) is 25.3. The summed E-state index contributed by atoms with van der Waals surface area (Å²) < 4.78 is 2.26. The number of benzene rings is 4. The van der Waals surface area contributed by atoms with Gasteiger partial charge in [-0.1, -0.05) is 18.2 Å². The Balaban J connectivity index is 1.36. The number of anilines is 2. The van der Waals surface area contributed by atoms with E-state index in [1.54, 1.807) is 0 Å². The first-order valence-corrected chi connectivity index (χ1v) is 15.3. The van der Waals surface area contributed by atoms with Gasteiger partial charge in [-0.3, -0.25) is 4.79 Å². The number of aromatic nitrogens is 2. The standard InChI is InChI=1S/C34H35ClN7O/c1-3-39(4-2)29-15-17-31-33(23-29)42(28-8-6-5-7-9-28)32-22-26(12-16-30(32)36-31)38-37-25-10-13-27(14-11-25)40-18-20-41(21-19-40)34(43)24-35/h5-17,22-23H,3-4,18-21,24H2,1-2H3/q+1. The van der Waals surface area contributed by atoms with Crippen molar-refractivity contribution < 1.29 is 9.58 Å². The molecule has 9 heteroatoms. The van der Waals surface area contributed by atoms with Crippen molar-refractivity contribution in [1.82, 2.24) is 14.5 Å². The summed E-state index contributed by atoms with van der Waals surface area (Å²) in [6, 6.07) is 31.0. The number of fused-ring (bicyclic) bond motifs is 2. The van der Waals surface area contributed by atoms with Crippen LogP contribution < -0.4 is 15.2 Å². The smallest absolute Gasteiger partial charge is 0.367 e. The van der Waals surface area contributed by atoms with Gasteiger partial charge in [0.25, 0.3) is 0 Å². The molecule has 0 bridgehead atoms. The van der Waals surface area contributed by atoms with Crippen molar-refractivity contribution in [1.29, 1.82) is 0 Å². The van der Waals surface area contributed by atoms with E-state index < -0.39 is 0 Å². The van der Waals surface area contributed by atoms with Crippen LogP contribution in [0.25, 0.3) is 28.1 Å². The molecular weight excluding hydrogens is 558 g/mol. The molecule has 8 nitrogen and oxygen atoms in total. The second-order valence-corrected chi connectivity index (χ2v) is 10.8. The summed E-state index contributed by atoms with van der Waals surface area (Å²) in [5.41, 5.74) is 7.96. The second-order valence-electron chi connectivity index (χ2n) is 10.5. The third kappa shape index (κ3) is 5.98. The Labute approximate surface area is 256 Å². The van der Waals surface area contributed by atoms with Gasteiger partial charge in [0, 0.05) is 62.4 Å². The van der Waals surface area contributed by atoms with E-state index in [0.717, 1.165) is 71.0 Å². The van der Waals surface area contributed by atoms with Crippen LogP contribution in [0.2, 0.25) is 0 Å². The minimum absolute atomic E-state index is 0.00611. The number of alkyl halides is 1. The summed E-state index contributed by atoms with van der Waals surface area (Å²) in [6.45, 7) is 9.14. The SMILES string of the molecule is CCN(CC)c1ccc2nc3ccc(=[N+]=Nc4ccc(N5CCN(C(=O)CCl)CC5)cc4)cc-3n(-c3ccccc3)c2c1. The summed E-state index contributed by atoms with van der Waals surface area (Å²) in [5, 5.41) is 5.29. The van der Waals surface area contributed by atoms with E-state index in [0.29, 0.717) is 13.1 Å². The molecule has 2 aliphatic heterocycles. The van der Waals surface area contributed by atoms with Crippen LogP contribution in [-0.2, 0) is 4.79 Å². The van der Waals surface area contributed by atoms with Crippen molar-refractivity contribution in [3.63, 3.8) is 0 Å². The lowest BCUT2D eigenvalue weighted by molar-refractivity contribution is -0.132. The van der Waals surface area contributed by atoms with Crippen LogP contribution in [0.3, 0.4) is 0 Å². The molecule has 1 saturated heterocycles. The highest BCUT2D eigenvalue weighted by Crippen LogP contribution is 2.30. The Hall–Kier alpha value is -4.65. The zero-order chi connectivity index (χ0) is 29.8. The number of piperazine rings is 1. The van der Waals surface area contributed by atoms with Crippen LogP contribution in [0.5, 0.6) is 0 Å². The minimum atomic E-state index is -0.00611. The molecule has 218 valence electrons. The molecule has 3 aromatic rings. The van der Waals surface area contributed by atoms with Crippen LogP contribution in [0.15, 0.2) is 96.1 Å². The normalized spacial score (nSPS) is 13.3. The van der Waals surface area contributed by atoms with E-state index in [4.69, 9.17) is 16.6 Å². The van der Waals surface area contributed by atoms with E-state index in [1.807, 2.05) is 35.2 Å². The van der Waals surface area contributed by atoms with Gasteiger partial charge in [-0.15, -0.1) is 11.6 Å². The average Bonchev–Trinajstić information content (AvgIpc) is 3.07. The number of hydrogen-bond acceptors (Lipinski definition) is 5. The molecule has 0 saturated carbocycles. The fourth-order valence-corrected chi connectivity index (χ4v) is 5.85. The monoisotopic (exact) mass is 592 g/mol. The van der Waals surface area contributed by atoms with Gasteiger partial charge in [0.2, 0.25) is 5.91 Å². The Morgan fingerprint density at radius 2 is 1.63 bits per heavy atom. The lowest BCUT2D eigenvalue weighted by Crippen LogP contribution is -2.49. The summed E-state index contributed by atoms with van der Waals surface area (Å²) in [6.07, 6.45) is 0. The summed E-state index contributed by atoms with van der Waals surface area (Å²) in [7, 11) is 0. The maximum atomic E-state index is 11.9. The first-order chi connectivity index (χ1) is 21.1. The van der Waals surface area contributed by atoms with Gasteiger partial charge < -0.3 is 19.3 Å². The molecule has 0 unspecified atom stereocenters. The van der Waals surface area contributed by atoms with E-state index in [2.05, 4.69) is 98.8 Å². The van der Waals surface area contributed by atoms with Crippen LogP contribution >= 0.6 is 11.6 Å². The topological polar surface area (TPSA) is 71.1 Å². The van der Waals surface area contributed by atoms with Crippen molar-refractivity contribution in [2.24, 2.45) is 5.11 Å². The quantitative estimate of drug-likeness (QED) is 0.104. The highest BCUT2D eigenvalue weighted by Gasteiger charge is 2.21. The van der Waals surface area contributed by atoms with Crippen molar-refractivity contribution >= 4 is 45.6 Å². The van der Waals surface area contributed by atoms with E-state index >= 15 is 0 Å². The summed E-state index contributed by atoms with van der Waals surface area (Å²) in [4.78, 5) is 27.9. The fourth-order valence-electron chi connectivity index (χ4n) is 5.68. The third-order valence-electron chi connectivity index (χ3n) is 8.03. The predicted molar refractivity (Wildman–Crippen MR) is 173 cm³/mol. The minimum Gasteiger partial charge on any atom is -0.372 e. The highest BCUT2D eigenvalue weighted by molar-refractivity contribution is 6.27. The van der Waals surface area contributed by atoms with Gasteiger partial charge >= 0.3 is 5.36 Å². The molecule has 0 aromatic heterocycles. The number of para-hydroxylation sites is 1. The van der Waals surface area contributed by atoms with Crippen molar-refractivity contribution in [2.45, 2.75) is 13.8 Å². The van der Waals surface area contributed by atoms with Crippen molar-refractivity contribution in [3.05, 3.63) is 96.4 Å². The maximum Gasteiger partial charge on any atom is 0.367 e. The second kappa shape index (κ2) is 12.7. The Kier molecular flexibility index (Phi) is 8.40. The van der Waals surface area contributed by atoms with Gasteiger partial charge in [0.15, 0.2) is 0 Å². The number of nitrogens with zero attached hydrogens (tertiary/aromatic N) is 7. The average molecular weight is 593 g/mol. The van der Waals surface area contributed by atoms with Gasteiger partial charge in [0.05, 0.1) is 33.3 Å². The summed E-state index contributed by atoms with van der Waals surface area (Å²) in [5.74, 6) is 0.0295. The van der Waals surface area contributed by atoms with E-state index in [1.165, 1.54) is 5.69 Å². The number of rotatable bonds is 7. The van der Waals surface area contributed by atoms with E-state index in [-0.39, 0.29) is 11.8 Å². The molecule has 0 spiro atoms. The van der Waals surface area contributed by atoms with Gasteiger partial charge in [0.1, 0.15) is 16.7 Å². The highest BCUT2D eigenvalue weighted by atomic mass is 35.5. The predicted octanol–water partition coefficient (Wildman–Crippen LogP) is 5.76. The third-order valence-corrected chi connectivity index (χ3v) is 8.25. The van der Waals surface area contributed by atoms with Gasteiger partial charge in [-0.25, -0.2) is 4.98 Å². The maximum absolute atomic E-state index is 11.9. The number of halogens is 1. The molecule has 0 radical (unpaired) electrons. The van der Waals surface area contributed by atoms with Crippen LogP contribution in [0.1, 0.15) is 13.8 Å². The Bertz CT molecular complexity index is 1800. The van der Waals surface area contributed by atoms with Gasteiger partial charge in [-0.05, 0) is 74.5 Å². The first kappa shape index (κ1) is 28.5. The van der Waals surface area contributed by atoms with Crippen molar-refractivity contribution in [3.8, 4) is 17.1 Å². The van der Waals surface area contributed by atoms with Crippen LogP contribution in [0, 0.1) is 0 Å². The lowest BCUT2D eigenvalue weighted by atomic mass is 10.1. The van der Waals surface area contributed by atoms with Crippen LogP contribution in [-0.4, -0.2) is 70.3 Å². The number of carbonyl (C=O) groups excluding carboxylic acids is 1. The molecular formula is C34H35ClN7O+. The molecule has 0 atom stereocenters. The van der Waals surface area contributed by atoms with Gasteiger partial charge in [-0.2, -0.15) is 0 Å². The largest absolute Gasteiger partial charge is 0.372 e. The number of carbonyl (C=O) groups is 1. The molecule has 3 aromatic carbocycles.